The van der Waals surface area contributed by atoms with Gasteiger partial charge in [-0.05, 0) is 43.3 Å². The summed E-state index contributed by atoms with van der Waals surface area (Å²) in [5.41, 5.74) is 4.24. The molecule has 0 atom stereocenters. The van der Waals surface area contributed by atoms with Gasteiger partial charge in [-0.1, -0.05) is 24.6 Å². The first-order valence-corrected chi connectivity index (χ1v) is 8.84. The third-order valence-electron chi connectivity index (χ3n) is 4.15. The largest absolute Gasteiger partial charge is 0.352 e. The number of aromatic nitrogens is 2. The molecule has 27 heavy (non-hydrogen) atoms. The van der Waals surface area contributed by atoms with Gasteiger partial charge in [0, 0.05) is 36.0 Å². The zero-order valence-corrected chi connectivity index (χ0v) is 15.4. The van der Waals surface area contributed by atoms with Gasteiger partial charge in [-0.25, -0.2) is 4.68 Å². The molecule has 2 aromatic carbocycles. The highest BCUT2D eigenvalue weighted by molar-refractivity contribution is 6.04. The highest BCUT2D eigenvalue weighted by Crippen LogP contribution is 2.13. The molecule has 2 N–H and O–H groups in total. The summed E-state index contributed by atoms with van der Waals surface area (Å²) in [6.07, 6.45) is 4.03. The molecule has 6 heteroatoms. The lowest BCUT2D eigenvalue weighted by molar-refractivity contribution is -0.120. The van der Waals surface area contributed by atoms with Crippen LogP contribution in [-0.2, 0) is 11.3 Å². The summed E-state index contributed by atoms with van der Waals surface area (Å²) in [5, 5.41) is 10.0. The minimum Gasteiger partial charge on any atom is -0.352 e. The fraction of sp³-hybridized carbons (Fsp3) is 0.190. The van der Waals surface area contributed by atoms with Crippen LogP contribution in [0, 0.1) is 6.92 Å². The third kappa shape index (κ3) is 4.82. The molecule has 3 aromatic rings. The van der Waals surface area contributed by atoms with E-state index in [2.05, 4.69) is 15.7 Å². The molecule has 0 spiro atoms. The molecule has 0 radical (unpaired) electrons. The van der Waals surface area contributed by atoms with E-state index in [0.29, 0.717) is 18.5 Å². The van der Waals surface area contributed by atoms with Gasteiger partial charge in [0.25, 0.3) is 5.91 Å². The number of carbonyl (C=O) groups excluding carboxylic acids is 2. The van der Waals surface area contributed by atoms with Crippen molar-refractivity contribution in [1.82, 2.24) is 15.1 Å². The molecule has 2 amide bonds. The maximum atomic E-state index is 12.4. The van der Waals surface area contributed by atoms with Crippen LogP contribution in [0.15, 0.2) is 60.9 Å². The van der Waals surface area contributed by atoms with Gasteiger partial charge in [-0.3, -0.25) is 9.59 Å². The van der Waals surface area contributed by atoms with Crippen LogP contribution < -0.4 is 10.6 Å². The number of benzene rings is 2. The Morgan fingerprint density at radius 1 is 1.04 bits per heavy atom. The van der Waals surface area contributed by atoms with Gasteiger partial charge < -0.3 is 10.6 Å². The van der Waals surface area contributed by atoms with Crippen LogP contribution >= 0.6 is 0 Å². The Morgan fingerprint density at radius 3 is 2.41 bits per heavy atom. The lowest BCUT2D eigenvalue weighted by Gasteiger charge is -2.07. The Balaban J connectivity index is 1.64. The van der Waals surface area contributed by atoms with Crippen LogP contribution in [0.2, 0.25) is 0 Å². The fourth-order valence-corrected chi connectivity index (χ4v) is 2.52. The van der Waals surface area contributed by atoms with Crippen molar-refractivity contribution in [2.24, 2.45) is 0 Å². The van der Waals surface area contributed by atoms with Crippen molar-refractivity contribution in [3.63, 3.8) is 0 Å². The first-order valence-electron chi connectivity index (χ1n) is 8.84. The summed E-state index contributed by atoms with van der Waals surface area (Å²) in [5.74, 6) is -0.152. The molecule has 138 valence electrons. The van der Waals surface area contributed by atoms with Crippen molar-refractivity contribution in [3.8, 4) is 5.69 Å². The van der Waals surface area contributed by atoms with Gasteiger partial charge in [0.05, 0.1) is 11.9 Å². The average molecular weight is 362 g/mol. The predicted molar refractivity (Wildman–Crippen MR) is 105 cm³/mol. The molecule has 3 rings (SSSR count). The second-order valence-electron chi connectivity index (χ2n) is 6.29. The highest BCUT2D eigenvalue weighted by atomic mass is 16.2. The zero-order chi connectivity index (χ0) is 19.2. The smallest absolute Gasteiger partial charge is 0.255 e. The second kappa shape index (κ2) is 8.31. The van der Waals surface area contributed by atoms with Crippen LogP contribution in [0.3, 0.4) is 0 Å². The van der Waals surface area contributed by atoms with Crippen molar-refractivity contribution in [2.45, 2.75) is 26.8 Å². The topological polar surface area (TPSA) is 76.0 Å². The van der Waals surface area contributed by atoms with Gasteiger partial charge in [-0.2, -0.15) is 5.10 Å². The summed E-state index contributed by atoms with van der Waals surface area (Å²) in [7, 11) is 0. The van der Waals surface area contributed by atoms with E-state index >= 15 is 0 Å². The van der Waals surface area contributed by atoms with E-state index in [4.69, 9.17) is 0 Å². The van der Waals surface area contributed by atoms with E-state index in [0.717, 1.165) is 22.5 Å². The summed E-state index contributed by atoms with van der Waals surface area (Å²) < 4.78 is 1.72. The van der Waals surface area contributed by atoms with Gasteiger partial charge in [0.2, 0.25) is 5.91 Å². The van der Waals surface area contributed by atoms with Crippen molar-refractivity contribution < 1.29 is 9.59 Å². The number of anilines is 1. The van der Waals surface area contributed by atoms with Crippen LogP contribution in [-0.4, -0.2) is 21.6 Å². The lowest BCUT2D eigenvalue weighted by Crippen LogP contribution is -2.21. The van der Waals surface area contributed by atoms with Crippen molar-refractivity contribution in [2.75, 3.05) is 5.32 Å². The van der Waals surface area contributed by atoms with E-state index in [1.54, 1.807) is 23.0 Å². The number of nitrogens with zero attached hydrogens (tertiary/aromatic N) is 2. The highest BCUT2D eigenvalue weighted by Gasteiger charge is 2.08. The van der Waals surface area contributed by atoms with Gasteiger partial charge in [-0.15, -0.1) is 0 Å². The van der Waals surface area contributed by atoms with Crippen LogP contribution in [0.25, 0.3) is 5.69 Å². The number of rotatable bonds is 6. The molecule has 1 heterocycles. The van der Waals surface area contributed by atoms with Crippen LogP contribution in [0.1, 0.15) is 34.8 Å². The molecule has 0 unspecified atom stereocenters. The van der Waals surface area contributed by atoms with Gasteiger partial charge in [0.15, 0.2) is 0 Å². The molecule has 1 aromatic heterocycles. The quantitative estimate of drug-likeness (QED) is 0.705. The van der Waals surface area contributed by atoms with Gasteiger partial charge >= 0.3 is 0 Å². The predicted octanol–water partition coefficient (Wildman–Crippen LogP) is 3.46. The third-order valence-corrected chi connectivity index (χ3v) is 4.15. The zero-order valence-electron chi connectivity index (χ0n) is 15.4. The normalized spacial score (nSPS) is 10.4. The fourth-order valence-electron chi connectivity index (χ4n) is 2.52. The van der Waals surface area contributed by atoms with Crippen molar-refractivity contribution in [1.29, 1.82) is 0 Å². The SMILES string of the molecule is CCC(=O)NCc1cnn(-c2ccc(C(=O)Nc3ccc(C)cc3)cc2)c1. The molecular formula is C21H22N4O2. The number of carbonyl (C=O) groups is 2. The summed E-state index contributed by atoms with van der Waals surface area (Å²) in [6, 6.07) is 14.9. The van der Waals surface area contributed by atoms with Crippen LogP contribution in [0.4, 0.5) is 5.69 Å². The molecule has 0 saturated heterocycles. The molecule has 0 aliphatic carbocycles. The lowest BCUT2D eigenvalue weighted by atomic mass is 10.1. The van der Waals surface area contributed by atoms with E-state index in [1.165, 1.54) is 0 Å². The first kappa shape index (κ1) is 18.4. The minimum absolute atomic E-state index is 0.00620. The number of hydrogen-bond donors (Lipinski definition) is 2. The standard InChI is InChI=1S/C21H22N4O2/c1-3-20(26)22-12-16-13-23-25(14-16)19-10-6-17(7-11-19)21(27)24-18-8-4-15(2)5-9-18/h4-11,13-14H,3,12H2,1-2H3,(H,22,26)(H,24,27). The molecule has 0 aliphatic rings. The Bertz CT molecular complexity index is 928. The monoisotopic (exact) mass is 362 g/mol. The summed E-state index contributed by atoms with van der Waals surface area (Å²) in [4.78, 5) is 23.7. The minimum atomic E-state index is -0.158. The number of amides is 2. The maximum Gasteiger partial charge on any atom is 0.255 e. The first-order chi connectivity index (χ1) is 13.0. The number of hydrogen-bond acceptors (Lipinski definition) is 3. The van der Waals surface area contributed by atoms with E-state index in [1.807, 2.05) is 56.4 Å². The maximum absolute atomic E-state index is 12.4. The Labute approximate surface area is 158 Å². The molecule has 0 fully saturated rings. The Kier molecular flexibility index (Phi) is 5.66. The Hall–Kier alpha value is -3.41. The number of aryl methyl sites for hydroxylation is 1. The number of nitrogens with one attached hydrogen (secondary N) is 2. The van der Waals surface area contributed by atoms with Crippen molar-refractivity contribution >= 4 is 17.5 Å². The summed E-state index contributed by atoms with van der Waals surface area (Å²) in [6.45, 7) is 4.27. The molecule has 0 aliphatic heterocycles. The average Bonchev–Trinajstić information content (AvgIpc) is 3.17. The Morgan fingerprint density at radius 2 is 1.74 bits per heavy atom. The van der Waals surface area contributed by atoms with E-state index in [-0.39, 0.29) is 11.8 Å². The van der Waals surface area contributed by atoms with Crippen molar-refractivity contribution in [3.05, 3.63) is 77.6 Å². The van der Waals surface area contributed by atoms with E-state index < -0.39 is 0 Å². The molecule has 0 bridgehead atoms. The van der Waals surface area contributed by atoms with E-state index in [9.17, 15) is 9.59 Å². The van der Waals surface area contributed by atoms with Crippen LogP contribution in [0.5, 0.6) is 0 Å². The molecule has 0 saturated carbocycles. The molecular weight excluding hydrogens is 340 g/mol. The molecule has 6 nitrogen and oxygen atoms in total. The second-order valence-corrected chi connectivity index (χ2v) is 6.29. The van der Waals surface area contributed by atoms with Gasteiger partial charge in [0.1, 0.15) is 0 Å². The summed E-state index contributed by atoms with van der Waals surface area (Å²) >= 11 is 0.